The van der Waals surface area contributed by atoms with E-state index in [2.05, 4.69) is 20.7 Å². The standard InChI is InChI=1S/C18H20ClN5O2S/c1-11-5-6-12(7-13(11)19)24-10-20-22-17(24)27-9-15(25)21-16-8-14(23-26-16)18(2,3)4/h5-8,10H,9H2,1-4H3,(H,21,25). The van der Waals surface area contributed by atoms with Crippen LogP contribution in [0.25, 0.3) is 5.69 Å². The summed E-state index contributed by atoms with van der Waals surface area (Å²) in [7, 11) is 0. The Balaban J connectivity index is 1.64. The zero-order chi connectivity index (χ0) is 19.6. The number of nitrogens with zero attached hydrogens (tertiary/aromatic N) is 4. The van der Waals surface area contributed by atoms with Gasteiger partial charge in [-0.2, -0.15) is 0 Å². The molecule has 0 radical (unpaired) electrons. The highest BCUT2D eigenvalue weighted by atomic mass is 35.5. The van der Waals surface area contributed by atoms with Gasteiger partial charge in [-0.25, -0.2) is 0 Å². The second-order valence-electron chi connectivity index (χ2n) is 7.08. The van der Waals surface area contributed by atoms with Crippen molar-refractivity contribution in [2.24, 2.45) is 0 Å². The highest BCUT2D eigenvalue weighted by Crippen LogP contribution is 2.25. The Morgan fingerprint density at radius 1 is 1.33 bits per heavy atom. The van der Waals surface area contributed by atoms with Crippen LogP contribution in [0.4, 0.5) is 5.88 Å². The van der Waals surface area contributed by atoms with Gasteiger partial charge in [0, 0.05) is 16.5 Å². The lowest BCUT2D eigenvalue weighted by Crippen LogP contribution is -2.14. The Hall–Kier alpha value is -2.32. The molecule has 2 aromatic heterocycles. The van der Waals surface area contributed by atoms with E-state index in [1.54, 1.807) is 17.0 Å². The van der Waals surface area contributed by atoms with Crippen LogP contribution in [0, 0.1) is 6.92 Å². The fourth-order valence-electron chi connectivity index (χ4n) is 2.22. The average molecular weight is 406 g/mol. The topological polar surface area (TPSA) is 85.8 Å². The van der Waals surface area contributed by atoms with Crippen LogP contribution in [0.5, 0.6) is 0 Å². The molecule has 0 aliphatic heterocycles. The molecule has 2 heterocycles. The summed E-state index contributed by atoms with van der Waals surface area (Å²) in [5.74, 6) is 0.273. The van der Waals surface area contributed by atoms with E-state index in [0.29, 0.717) is 16.1 Å². The number of amides is 1. The number of aromatic nitrogens is 4. The molecule has 0 aliphatic carbocycles. The molecule has 0 atom stereocenters. The van der Waals surface area contributed by atoms with E-state index in [9.17, 15) is 4.79 Å². The smallest absolute Gasteiger partial charge is 0.237 e. The summed E-state index contributed by atoms with van der Waals surface area (Å²) in [6, 6.07) is 7.43. The van der Waals surface area contributed by atoms with Crippen LogP contribution < -0.4 is 5.32 Å². The van der Waals surface area contributed by atoms with Crippen LogP contribution in [0.15, 0.2) is 40.3 Å². The zero-order valence-electron chi connectivity index (χ0n) is 15.5. The third-order valence-corrected chi connectivity index (χ3v) is 5.17. The maximum Gasteiger partial charge on any atom is 0.237 e. The Kier molecular flexibility index (Phi) is 5.57. The van der Waals surface area contributed by atoms with Gasteiger partial charge in [-0.3, -0.25) is 14.7 Å². The molecule has 3 aromatic rings. The molecule has 7 nitrogen and oxygen atoms in total. The Labute approximate surface area is 166 Å². The summed E-state index contributed by atoms with van der Waals surface area (Å²) in [6.07, 6.45) is 1.59. The van der Waals surface area contributed by atoms with Crippen LogP contribution in [0.1, 0.15) is 32.0 Å². The minimum Gasteiger partial charge on any atom is -0.338 e. The number of hydrogen-bond donors (Lipinski definition) is 1. The highest BCUT2D eigenvalue weighted by Gasteiger charge is 2.20. The van der Waals surface area contributed by atoms with Crippen molar-refractivity contribution in [2.75, 3.05) is 11.1 Å². The first kappa shape index (κ1) is 19.4. The summed E-state index contributed by atoms with van der Waals surface area (Å²) in [5, 5.41) is 16.0. The predicted octanol–water partition coefficient (Wildman–Crippen LogP) is 4.25. The number of hydrogen-bond acceptors (Lipinski definition) is 6. The summed E-state index contributed by atoms with van der Waals surface area (Å²) < 4.78 is 6.96. The molecule has 1 aromatic carbocycles. The van der Waals surface area contributed by atoms with Gasteiger partial charge in [-0.1, -0.05) is 55.4 Å². The maximum absolute atomic E-state index is 12.2. The Morgan fingerprint density at radius 3 is 2.78 bits per heavy atom. The van der Waals surface area contributed by atoms with Gasteiger partial charge in [0.05, 0.1) is 17.1 Å². The van der Waals surface area contributed by atoms with Gasteiger partial charge in [0.2, 0.25) is 11.8 Å². The number of carbonyl (C=O) groups is 1. The number of anilines is 1. The molecule has 0 aliphatic rings. The second kappa shape index (κ2) is 7.74. The van der Waals surface area contributed by atoms with E-state index in [4.69, 9.17) is 16.1 Å². The van der Waals surface area contributed by atoms with Gasteiger partial charge in [0.25, 0.3) is 0 Å². The second-order valence-corrected chi connectivity index (χ2v) is 8.43. The molecule has 0 unspecified atom stereocenters. The number of rotatable bonds is 5. The van der Waals surface area contributed by atoms with Crippen molar-refractivity contribution >= 4 is 35.2 Å². The molecule has 9 heteroatoms. The first-order valence-electron chi connectivity index (χ1n) is 8.30. The minimum atomic E-state index is -0.215. The summed E-state index contributed by atoms with van der Waals surface area (Å²) in [4.78, 5) is 12.2. The van der Waals surface area contributed by atoms with E-state index < -0.39 is 0 Å². The first-order chi connectivity index (χ1) is 12.7. The van der Waals surface area contributed by atoms with E-state index in [-0.39, 0.29) is 17.1 Å². The van der Waals surface area contributed by atoms with E-state index in [0.717, 1.165) is 16.9 Å². The summed E-state index contributed by atoms with van der Waals surface area (Å²) >= 11 is 7.46. The third kappa shape index (κ3) is 4.70. The van der Waals surface area contributed by atoms with Gasteiger partial charge in [0.1, 0.15) is 6.33 Å². The molecule has 3 rings (SSSR count). The number of halogens is 1. The minimum absolute atomic E-state index is 0.146. The van der Waals surface area contributed by atoms with E-state index in [1.165, 1.54) is 11.8 Å². The van der Waals surface area contributed by atoms with E-state index in [1.807, 2.05) is 45.9 Å². The molecule has 0 spiro atoms. The Morgan fingerprint density at radius 2 is 2.11 bits per heavy atom. The maximum atomic E-state index is 12.2. The summed E-state index contributed by atoms with van der Waals surface area (Å²) in [6.45, 7) is 8.01. The fraction of sp³-hybridized carbons (Fsp3) is 0.333. The van der Waals surface area contributed by atoms with Crippen LogP contribution >= 0.6 is 23.4 Å². The molecular weight excluding hydrogens is 386 g/mol. The number of benzene rings is 1. The molecule has 0 bridgehead atoms. The lowest BCUT2D eigenvalue weighted by Gasteiger charge is -2.12. The van der Waals surface area contributed by atoms with Crippen molar-refractivity contribution in [2.45, 2.75) is 38.3 Å². The zero-order valence-corrected chi connectivity index (χ0v) is 17.1. The first-order valence-corrected chi connectivity index (χ1v) is 9.67. The van der Waals surface area contributed by atoms with Crippen molar-refractivity contribution in [3.8, 4) is 5.69 Å². The predicted molar refractivity (Wildman–Crippen MR) is 106 cm³/mol. The summed E-state index contributed by atoms with van der Waals surface area (Å²) in [5.41, 5.74) is 2.46. The third-order valence-electron chi connectivity index (χ3n) is 3.82. The van der Waals surface area contributed by atoms with Crippen molar-refractivity contribution in [3.05, 3.63) is 46.9 Å². The number of nitrogens with one attached hydrogen (secondary N) is 1. The largest absolute Gasteiger partial charge is 0.338 e. The van der Waals surface area contributed by atoms with Gasteiger partial charge in [0.15, 0.2) is 5.16 Å². The van der Waals surface area contributed by atoms with Crippen LogP contribution in [-0.4, -0.2) is 31.6 Å². The monoisotopic (exact) mass is 405 g/mol. The SMILES string of the molecule is Cc1ccc(-n2cnnc2SCC(=O)Nc2cc(C(C)(C)C)no2)cc1Cl. The van der Waals surface area contributed by atoms with Crippen molar-refractivity contribution in [1.29, 1.82) is 0 Å². The quantitative estimate of drug-likeness (QED) is 0.639. The van der Waals surface area contributed by atoms with E-state index >= 15 is 0 Å². The molecule has 0 saturated carbocycles. The van der Waals surface area contributed by atoms with Crippen molar-refractivity contribution < 1.29 is 9.32 Å². The van der Waals surface area contributed by atoms with Gasteiger partial charge < -0.3 is 4.52 Å². The van der Waals surface area contributed by atoms with Crippen molar-refractivity contribution in [3.63, 3.8) is 0 Å². The normalized spacial score (nSPS) is 11.6. The van der Waals surface area contributed by atoms with Gasteiger partial charge >= 0.3 is 0 Å². The molecule has 1 N–H and O–H groups in total. The molecule has 0 fully saturated rings. The Bertz CT molecular complexity index is 961. The fourth-order valence-corrected chi connectivity index (χ4v) is 3.13. The van der Waals surface area contributed by atoms with Crippen LogP contribution in [0.3, 0.4) is 0 Å². The molecule has 142 valence electrons. The van der Waals surface area contributed by atoms with Crippen LogP contribution in [-0.2, 0) is 10.2 Å². The number of thioether (sulfide) groups is 1. The lowest BCUT2D eigenvalue weighted by molar-refractivity contribution is -0.113. The number of carbonyl (C=O) groups excluding carboxylic acids is 1. The molecule has 0 saturated heterocycles. The number of aryl methyl sites for hydroxylation is 1. The van der Waals surface area contributed by atoms with Crippen molar-refractivity contribution in [1.82, 2.24) is 19.9 Å². The highest BCUT2D eigenvalue weighted by molar-refractivity contribution is 7.99. The molecule has 27 heavy (non-hydrogen) atoms. The average Bonchev–Trinajstić information content (AvgIpc) is 3.24. The molecule has 1 amide bonds. The van der Waals surface area contributed by atoms with Crippen LogP contribution in [0.2, 0.25) is 5.02 Å². The lowest BCUT2D eigenvalue weighted by atomic mass is 9.92. The van der Waals surface area contributed by atoms with Gasteiger partial charge in [-0.15, -0.1) is 10.2 Å². The van der Waals surface area contributed by atoms with Gasteiger partial charge in [-0.05, 0) is 24.6 Å². The molecular formula is C18H20ClN5O2S.